The number of benzene rings is 1. The van der Waals surface area contributed by atoms with Crippen LogP contribution >= 0.6 is 23.2 Å². The van der Waals surface area contributed by atoms with E-state index in [0.717, 1.165) is 12.1 Å². The summed E-state index contributed by atoms with van der Waals surface area (Å²) in [5.41, 5.74) is -0.393. The number of rotatable bonds is 5. The fourth-order valence-electron chi connectivity index (χ4n) is 1.13. The highest BCUT2D eigenvalue weighted by atomic mass is 35.5. The Hall–Kier alpha value is -0.430. The first-order chi connectivity index (χ1) is 8.18. The minimum Gasteiger partial charge on any atom is -0.212 e. The normalized spacial score (nSPS) is 12.7. The van der Waals surface area contributed by atoms with Crippen LogP contribution in [0, 0.1) is 0 Å². The van der Waals surface area contributed by atoms with Crippen molar-refractivity contribution < 1.29 is 17.2 Å². The van der Waals surface area contributed by atoms with Crippen LogP contribution in [0.2, 0.25) is 10.0 Å². The van der Waals surface area contributed by atoms with Crippen LogP contribution in [0.15, 0.2) is 18.2 Å². The molecular formula is C10H11Cl2F2NO2S. The Labute approximate surface area is 114 Å². The van der Waals surface area contributed by atoms with Crippen molar-refractivity contribution in [2.75, 3.05) is 12.3 Å². The molecule has 18 heavy (non-hydrogen) atoms. The van der Waals surface area contributed by atoms with Crippen molar-refractivity contribution in [1.29, 1.82) is 0 Å². The summed E-state index contributed by atoms with van der Waals surface area (Å²) in [6.07, 6.45) is 0. The van der Waals surface area contributed by atoms with Crippen LogP contribution in [0.1, 0.15) is 12.5 Å². The van der Waals surface area contributed by atoms with E-state index in [1.807, 2.05) is 4.72 Å². The molecule has 3 nitrogen and oxygen atoms in total. The molecule has 1 aromatic rings. The van der Waals surface area contributed by atoms with Gasteiger partial charge < -0.3 is 0 Å². The van der Waals surface area contributed by atoms with Crippen LogP contribution in [0.5, 0.6) is 0 Å². The molecule has 0 atom stereocenters. The Bertz CT molecular complexity index is 535. The quantitative estimate of drug-likeness (QED) is 0.907. The zero-order valence-corrected chi connectivity index (χ0v) is 11.7. The van der Waals surface area contributed by atoms with Gasteiger partial charge in [0, 0.05) is 5.56 Å². The highest BCUT2D eigenvalue weighted by Crippen LogP contribution is 2.32. The number of halogens is 4. The topological polar surface area (TPSA) is 46.2 Å². The van der Waals surface area contributed by atoms with Gasteiger partial charge in [0.1, 0.15) is 0 Å². The molecule has 102 valence electrons. The van der Waals surface area contributed by atoms with Crippen molar-refractivity contribution in [2.45, 2.75) is 12.8 Å². The van der Waals surface area contributed by atoms with Gasteiger partial charge in [-0.1, -0.05) is 29.3 Å². The third-order valence-electron chi connectivity index (χ3n) is 2.24. The van der Waals surface area contributed by atoms with E-state index >= 15 is 0 Å². The van der Waals surface area contributed by atoms with Crippen LogP contribution in [0.4, 0.5) is 8.78 Å². The van der Waals surface area contributed by atoms with E-state index in [1.165, 1.54) is 13.0 Å². The number of hydrogen-bond acceptors (Lipinski definition) is 2. The molecule has 8 heteroatoms. The lowest BCUT2D eigenvalue weighted by Gasteiger charge is -2.17. The molecule has 0 heterocycles. The Kier molecular flexibility index (Phi) is 4.94. The zero-order valence-electron chi connectivity index (χ0n) is 9.38. The van der Waals surface area contributed by atoms with Gasteiger partial charge in [0.15, 0.2) is 0 Å². The molecule has 0 aromatic heterocycles. The first-order valence-electron chi connectivity index (χ1n) is 4.98. The molecule has 1 N–H and O–H groups in total. The number of alkyl halides is 2. The lowest BCUT2D eigenvalue weighted by molar-refractivity contribution is 0.00211. The van der Waals surface area contributed by atoms with E-state index in [2.05, 4.69) is 0 Å². The standard InChI is InChI=1S/C10H11Cl2F2NO2S/c1-2-18(16,17)15-6-10(13,14)7-3-4-8(11)9(12)5-7/h3-5,15H,2,6H2,1H3. The maximum Gasteiger partial charge on any atom is 0.286 e. The first-order valence-corrected chi connectivity index (χ1v) is 7.39. The average molecular weight is 318 g/mol. The van der Waals surface area contributed by atoms with Gasteiger partial charge in [0.25, 0.3) is 5.92 Å². The molecule has 0 radical (unpaired) electrons. The summed E-state index contributed by atoms with van der Waals surface area (Å²) in [6.45, 7) is 0.348. The van der Waals surface area contributed by atoms with Crippen LogP contribution in [0.3, 0.4) is 0 Å². The van der Waals surface area contributed by atoms with Crippen LogP contribution in [-0.4, -0.2) is 20.7 Å². The number of nitrogens with one attached hydrogen (secondary N) is 1. The molecule has 0 aliphatic carbocycles. The summed E-state index contributed by atoms with van der Waals surface area (Å²) in [6, 6.07) is 3.36. The summed E-state index contributed by atoms with van der Waals surface area (Å²) in [5.74, 6) is -3.61. The van der Waals surface area contributed by atoms with Crippen molar-refractivity contribution in [2.24, 2.45) is 0 Å². The lowest BCUT2D eigenvalue weighted by Crippen LogP contribution is -2.35. The van der Waals surface area contributed by atoms with E-state index in [4.69, 9.17) is 23.2 Å². The Balaban J connectivity index is 2.89. The van der Waals surface area contributed by atoms with E-state index < -0.39 is 28.1 Å². The molecule has 0 bridgehead atoms. The second kappa shape index (κ2) is 5.69. The van der Waals surface area contributed by atoms with Gasteiger partial charge in [-0.15, -0.1) is 0 Å². The van der Waals surface area contributed by atoms with Gasteiger partial charge in [0.05, 0.1) is 22.3 Å². The number of hydrogen-bond donors (Lipinski definition) is 1. The van der Waals surface area contributed by atoms with E-state index in [-0.39, 0.29) is 15.8 Å². The van der Waals surface area contributed by atoms with E-state index in [0.29, 0.717) is 0 Å². The van der Waals surface area contributed by atoms with Crippen molar-refractivity contribution in [3.63, 3.8) is 0 Å². The molecule has 0 amide bonds. The van der Waals surface area contributed by atoms with Gasteiger partial charge in [0.2, 0.25) is 10.0 Å². The third kappa shape index (κ3) is 4.05. The highest BCUT2D eigenvalue weighted by Gasteiger charge is 2.33. The predicted molar refractivity (Wildman–Crippen MR) is 67.8 cm³/mol. The second-order valence-corrected chi connectivity index (χ2v) is 6.47. The molecule has 0 saturated heterocycles. The predicted octanol–water partition coefficient (Wildman–Crippen LogP) is 3.02. The third-order valence-corrected chi connectivity index (χ3v) is 4.32. The van der Waals surface area contributed by atoms with Crippen LogP contribution in [-0.2, 0) is 15.9 Å². The maximum atomic E-state index is 13.7. The van der Waals surface area contributed by atoms with Gasteiger partial charge >= 0.3 is 0 Å². The maximum absolute atomic E-state index is 13.7. The van der Waals surface area contributed by atoms with Gasteiger partial charge in [-0.2, -0.15) is 8.78 Å². The summed E-state index contributed by atoms with van der Waals surface area (Å²) < 4.78 is 51.5. The average Bonchev–Trinajstić information content (AvgIpc) is 2.30. The van der Waals surface area contributed by atoms with E-state index in [9.17, 15) is 17.2 Å². The molecule has 0 aliphatic heterocycles. The van der Waals surface area contributed by atoms with E-state index in [1.54, 1.807) is 0 Å². The fraction of sp³-hybridized carbons (Fsp3) is 0.400. The largest absolute Gasteiger partial charge is 0.286 e. The Morgan fingerprint density at radius 2 is 1.89 bits per heavy atom. The fourth-order valence-corrected chi connectivity index (χ4v) is 2.03. The van der Waals surface area contributed by atoms with Gasteiger partial charge in [-0.3, -0.25) is 0 Å². The zero-order chi connectivity index (χ0) is 14.0. The first kappa shape index (κ1) is 15.6. The molecule has 1 aromatic carbocycles. The minimum atomic E-state index is -3.67. The molecule has 0 saturated carbocycles. The van der Waals surface area contributed by atoms with Crippen LogP contribution < -0.4 is 4.72 Å². The smallest absolute Gasteiger partial charge is 0.212 e. The molecule has 0 fully saturated rings. The monoisotopic (exact) mass is 317 g/mol. The van der Waals surface area contributed by atoms with Crippen molar-refractivity contribution >= 4 is 33.2 Å². The highest BCUT2D eigenvalue weighted by molar-refractivity contribution is 7.89. The van der Waals surface area contributed by atoms with Crippen LogP contribution in [0.25, 0.3) is 0 Å². The molecule has 0 spiro atoms. The summed E-state index contributed by atoms with van der Waals surface area (Å²) >= 11 is 11.2. The molecule has 0 unspecified atom stereocenters. The molecule has 0 aliphatic rings. The Morgan fingerprint density at radius 3 is 2.39 bits per heavy atom. The number of sulfonamides is 1. The second-order valence-electron chi connectivity index (χ2n) is 3.56. The van der Waals surface area contributed by atoms with Gasteiger partial charge in [-0.25, -0.2) is 13.1 Å². The summed E-state index contributed by atoms with van der Waals surface area (Å²) in [7, 11) is -3.67. The van der Waals surface area contributed by atoms with Crippen molar-refractivity contribution in [3.8, 4) is 0 Å². The van der Waals surface area contributed by atoms with Crippen molar-refractivity contribution in [1.82, 2.24) is 4.72 Å². The lowest BCUT2D eigenvalue weighted by atomic mass is 10.1. The summed E-state index contributed by atoms with van der Waals surface area (Å²) in [4.78, 5) is 0. The molecular weight excluding hydrogens is 307 g/mol. The van der Waals surface area contributed by atoms with Crippen molar-refractivity contribution in [3.05, 3.63) is 33.8 Å². The van der Waals surface area contributed by atoms with Gasteiger partial charge in [-0.05, 0) is 19.1 Å². The Morgan fingerprint density at radius 1 is 1.28 bits per heavy atom. The summed E-state index contributed by atoms with van der Waals surface area (Å²) in [5, 5.41) is 0.151. The molecule has 1 rings (SSSR count). The SMILES string of the molecule is CCS(=O)(=O)NCC(F)(F)c1ccc(Cl)c(Cl)c1. The minimum absolute atomic E-state index is 0.00723.